The molecule has 0 bridgehead atoms. The zero-order chi connectivity index (χ0) is 20.8. The highest BCUT2D eigenvalue weighted by Gasteiger charge is 2.22. The fraction of sp³-hybridized carbons (Fsp3) is 0.250. The van der Waals surface area contributed by atoms with Crippen LogP contribution in [-0.4, -0.2) is 35.9 Å². The van der Waals surface area contributed by atoms with Gasteiger partial charge in [0.05, 0.1) is 11.9 Å². The fourth-order valence-corrected chi connectivity index (χ4v) is 3.70. The summed E-state index contributed by atoms with van der Waals surface area (Å²) in [6, 6.07) is 6.33. The summed E-state index contributed by atoms with van der Waals surface area (Å²) in [5.74, 6) is 0.617. The number of aryl methyl sites for hydroxylation is 1. The van der Waals surface area contributed by atoms with Gasteiger partial charge in [0.25, 0.3) is 12.0 Å². The molecule has 5 heterocycles. The minimum absolute atomic E-state index is 0.110. The highest BCUT2D eigenvalue weighted by molar-refractivity contribution is 5.54. The third-order valence-electron chi connectivity index (χ3n) is 5.15. The maximum Gasteiger partial charge on any atom is 0.280 e. The van der Waals surface area contributed by atoms with Crippen molar-refractivity contribution in [3.05, 3.63) is 75.7 Å². The molecule has 0 radical (unpaired) electrons. The van der Waals surface area contributed by atoms with Crippen LogP contribution in [0.2, 0.25) is 0 Å². The van der Waals surface area contributed by atoms with E-state index in [1.807, 2.05) is 25.3 Å². The van der Waals surface area contributed by atoms with Crippen LogP contribution in [0.15, 0.2) is 47.7 Å². The molecule has 0 amide bonds. The molecule has 0 atom stereocenters. The SMILES string of the molecule is Cc1cc2nc(C(F)F)cc(=O)n2nc1N1CCc2ncc(-n3cccn3)cc2C1. The van der Waals surface area contributed by atoms with E-state index >= 15 is 0 Å². The first-order chi connectivity index (χ1) is 14.5. The number of pyridine rings is 1. The lowest BCUT2D eigenvalue weighted by Crippen LogP contribution is -2.33. The fourth-order valence-electron chi connectivity index (χ4n) is 3.70. The van der Waals surface area contributed by atoms with Crippen LogP contribution in [0.4, 0.5) is 14.6 Å². The maximum absolute atomic E-state index is 13.0. The summed E-state index contributed by atoms with van der Waals surface area (Å²) in [7, 11) is 0. The number of fused-ring (bicyclic) bond motifs is 2. The standard InChI is InChI=1S/C20H17F2N7O/c1-12-7-17-25-16(19(21)22)9-18(30)29(17)26-20(12)27-6-3-15-13(11-27)8-14(10-23-15)28-5-2-4-24-28/h2,4-5,7-10,19H,3,6,11H2,1H3. The van der Waals surface area contributed by atoms with E-state index in [-0.39, 0.29) is 5.65 Å². The Bertz CT molecular complexity index is 1300. The number of anilines is 1. The Balaban J connectivity index is 1.53. The Morgan fingerprint density at radius 3 is 2.83 bits per heavy atom. The first-order valence-corrected chi connectivity index (χ1v) is 9.42. The quantitative estimate of drug-likeness (QED) is 0.517. The molecule has 1 aliphatic heterocycles. The predicted octanol–water partition coefficient (Wildman–Crippen LogP) is 2.48. The summed E-state index contributed by atoms with van der Waals surface area (Å²) in [5.41, 5.74) is 2.63. The van der Waals surface area contributed by atoms with Gasteiger partial charge in [-0.3, -0.25) is 9.78 Å². The second kappa shape index (κ2) is 6.97. The molecule has 4 aromatic heterocycles. The monoisotopic (exact) mass is 409 g/mol. The van der Waals surface area contributed by atoms with E-state index in [1.54, 1.807) is 23.1 Å². The molecule has 30 heavy (non-hydrogen) atoms. The van der Waals surface area contributed by atoms with Crippen molar-refractivity contribution in [3.8, 4) is 5.69 Å². The summed E-state index contributed by atoms with van der Waals surface area (Å²) in [6.45, 7) is 3.07. The van der Waals surface area contributed by atoms with Crippen molar-refractivity contribution in [1.82, 2.24) is 29.4 Å². The molecule has 5 rings (SSSR count). The summed E-state index contributed by atoms with van der Waals surface area (Å²) < 4.78 is 28.8. The highest BCUT2D eigenvalue weighted by atomic mass is 19.3. The smallest absolute Gasteiger partial charge is 0.280 e. The summed E-state index contributed by atoms with van der Waals surface area (Å²) in [4.78, 5) is 22.8. The van der Waals surface area contributed by atoms with Crippen molar-refractivity contribution < 1.29 is 8.78 Å². The van der Waals surface area contributed by atoms with E-state index in [4.69, 9.17) is 0 Å². The zero-order valence-corrected chi connectivity index (χ0v) is 16.0. The normalized spacial score (nSPS) is 13.8. The molecule has 0 saturated carbocycles. The van der Waals surface area contributed by atoms with Gasteiger partial charge < -0.3 is 4.90 Å². The van der Waals surface area contributed by atoms with Crippen LogP contribution in [0.3, 0.4) is 0 Å². The van der Waals surface area contributed by atoms with Gasteiger partial charge in [0, 0.05) is 43.7 Å². The second-order valence-corrected chi connectivity index (χ2v) is 7.16. The van der Waals surface area contributed by atoms with Crippen molar-refractivity contribution in [2.45, 2.75) is 26.3 Å². The zero-order valence-electron chi connectivity index (χ0n) is 16.0. The number of hydrogen-bond acceptors (Lipinski definition) is 6. The van der Waals surface area contributed by atoms with Gasteiger partial charge in [-0.25, -0.2) is 18.4 Å². The predicted molar refractivity (Wildman–Crippen MR) is 105 cm³/mol. The third kappa shape index (κ3) is 3.10. The van der Waals surface area contributed by atoms with Gasteiger partial charge in [0.2, 0.25) is 0 Å². The summed E-state index contributed by atoms with van der Waals surface area (Å²) in [5, 5.41) is 8.67. The van der Waals surface area contributed by atoms with Crippen LogP contribution in [-0.2, 0) is 13.0 Å². The Morgan fingerprint density at radius 2 is 2.07 bits per heavy atom. The molecule has 0 N–H and O–H groups in total. The number of hydrogen-bond donors (Lipinski definition) is 0. The lowest BCUT2D eigenvalue weighted by atomic mass is 10.0. The molecule has 0 unspecified atom stereocenters. The van der Waals surface area contributed by atoms with Crippen LogP contribution < -0.4 is 10.5 Å². The molecular formula is C20H17F2N7O. The third-order valence-corrected chi connectivity index (χ3v) is 5.15. The van der Waals surface area contributed by atoms with E-state index in [2.05, 4.69) is 25.1 Å². The van der Waals surface area contributed by atoms with Crippen molar-refractivity contribution in [3.63, 3.8) is 0 Å². The molecule has 0 aromatic carbocycles. The molecule has 0 fully saturated rings. The van der Waals surface area contributed by atoms with Gasteiger partial charge in [-0.1, -0.05) is 0 Å². The first kappa shape index (κ1) is 18.3. The van der Waals surface area contributed by atoms with Gasteiger partial charge in [0.1, 0.15) is 5.69 Å². The van der Waals surface area contributed by atoms with E-state index in [9.17, 15) is 13.6 Å². The molecule has 0 aliphatic carbocycles. The molecular weight excluding hydrogens is 392 g/mol. The molecule has 0 saturated heterocycles. The minimum atomic E-state index is -2.81. The van der Waals surface area contributed by atoms with Crippen molar-refractivity contribution in [2.75, 3.05) is 11.4 Å². The van der Waals surface area contributed by atoms with Crippen LogP contribution in [0, 0.1) is 6.92 Å². The van der Waals surface area contributed by atoms with E-state index in [0.717, 1.165) is 39.5 Å². The number of rotatable bonds is 3. The molecule has 10 heteroatoms. The Labute approximate surface area is 169 Å². The molecule has 1 aliphatic rings. The van der Waals surface area contributed by atoms with E-state index < -0.39 is 17.7 Å². The first-order valence-electron chi connectivity index (χ1n) is 9.42. The summed E-state index contributed by atoms with van der Waals surface area (Å²) in [6.07, 6.45) is 3.28. The summed E-state index contributed by atoms with van der Waals surface area (Å²) >= 11 is 0. The lowest BCUT2D eigenvalue weighted by Gasteiger charge is -2.30. The van der Waals surface area contributed by atoms with Crippen LogP contribution >= 0.6 is 0 Å². The molecule has 4 aromatic rings. The number of alkyl halides is 2. The Hall–Kier alpha value is -3.69. The van der Waals surface area contributed by atoms with Crippen LogP contribution in [0.1, 0.15) is 28.9 Å². The maximum atomic E-state index is 13.0. The molecule has 8 nitrogen and oxygen atoms in total. The number of aromatic nitrogens is 6. The van der Waals surface area contributed by atoms with Crippen molar-refractivity contribution in [2.24, 2.45) is 0 Å². The lowest BCUT2D eigenvalue weighted by molar-refractivity contribution is 0.146. The van der Waals surface area contributed by atoms with E-state index in [1.165, 1.54) is 0 Å². The molecule has 0 spiro atoms. The van der Waals surface area contributed by atoms with Gasteiger partial charge in [-0.05, 0) is 36.2 Å². The highest BCUT2D eigenvalue weighted by Crippen LogP contribution is 2.26. The van der Waals surface area contributed by atoms with Gasteiger partial charge in [-0.2, -0.15) is 9.61 Å². The Kier molecular flexibility index (Phi) is 4.27. The molecule has 152 valence electrons. The van der Waals surface area contributed by atoms with Crippen LogP contribution in [0.5, 0.6) is 0 Å². The minimum Gasteiger partial charge on any atom is -0.350 e. The van der Waals surface area contributed by atoms with E-state index in [0.29, 0.717) is 18.9 Å². The largest absolute Gasteiger partial charge is 0.350 e. The Morgan fingerprint density at radius 1 is 1.20 bits per heavy atom. The van der Waals surface area contributed by atoms with Gasteiger partial charge >= 0.3 is 0 Å². The van der Waals surface area contributed by atoms with Crippen molar-refractivity contribution in [1.29, 1.82) is 0 Å². The number of halogens is 2. The topological polar surface area (TPSA) is 81.2 Å². The average Bonchev–Trinajstić information content (AvgIpc) is 3.27. The van der Waals surface area contributed by atoms with Gasteiger partial charge in [-0.15, -0.1) is 5.10 Å². The number of nitrogens with zero attached hydrogens (tertiary/aromatic N) is 7. The average molecular weight is 409 g/mol. The van der Waals surface area contributed by atoms with Gasteiger partial charge in [0.15, 0.2) is 11.5 Å². The second-order valence-electron chi connectivity index (χ2n) is 7.16. The van der Waals surface area contributed by atoms with Crippen LogP contribution in [0.25, 0.3) is 11.3 Å². The van der Waals surface area contributed by atoms with Crippen molar-refractivity contribution >= 4 is 11.5 Å².